The monoisotopic (exact) mass is 307 g/mol. The minimum atomic E-state index is -0.194. The van der Waals surface area contributed by atoms with Crippen LogP contribution in [0.5, 0.6) is 0 Å². The van der Waals surface area contributed by atoms with E-state index in [0.29, 0.717) is 6.42 Å². The summed E-state index contributed by atoms with van der Waals surface area (Å²) in [5.41, 5.74) is 6.02. The molecule has 1 aromatic rings. The summed E-state index contributed by atoms with van der Waals surface area (Å²) < 4.78 is 0. The lowest BCUT2D eigenvalue weighted by Crippen LogP contribution is -2.51. The number of thiophene rings is 1. The van der Waals surface area contributed by atoms with Crippen LogP contribution in [0.15, 0.2) is 17.5 Å². The molecular formula is C16H25N3OS. The van der Waals surface area contributed by atoms with Crippen molar-refractivity contribution in [2.45, 2.75) is 44.2 Å². The van der Waals surface area contributed by atoms with Gasteiger partial charge < -0.3 is 10.6 Å². The van der Waals surface area contributed by atoms with Gasteiger partial charge in [0, 0.05) is 49.6 Å². The molecule has 2 fully saturated rings. The van der Waals surface area contributed by atoms with Gasteiger partial charge in [-0.1, -0.05) is 6.07 Å². The first-order chi connectivity index (χ1) is 10.1. The van der Waals surface area contributed by atoms with Crippen LogP contribution >= 0.6 is 11.3 Å². The fourth-order valence-electron chi connectivity index (χ4n) is 3.22. The lowest BCUT2D eigenvalue weighted by molar-refractivity contribution is -0.133. The van der Waals surface area contributed by atoms with Gasteiger partial charge in [0.2, 0.25) is 5.91 Å². The van der Waals surface area contributed by atoms with Gasteiger partial charge in [-0.25, -0.2) is 0 Å². The zero-order valence-corrected chi connectivity index (χ0v) is 13.4. The molecule has 1 amide bonds. The third-order valence-corrected chi connectivity index (χ3v) is 5.61. The number of rotatable bonds is 4. The maximum absolute atomic E-state index is 12.4. The van der Waals surface area contributed by atoms with E-state index in [1.807, 2.05) is 16.2 Å². The van der Waals surface area contributed by atoms with Gasteiger partial charge in [-0.15, -0.1) is 11.3 Å². The minimum Gasteiger partial charge on any atom is -0.341 e. The lowest BCUT2D eigenvalue weighted by atomic mass is 9.75. The number of hydrogen-bond acceptors (Lipinski definition) is 4. The summed E-state index contributed by atoms with van der Waals surface area (Å²) in [5.74, 6) is 0.259. The molecule has 4 nitrogen and oxygen atoms in total. The largest absolute Gasteiger partial charge is 0.341 e. The predicted octanol–water partition coefficient (Wildman–Crippen LogP) is 2.05. The molecule has 21 heavy (non-hydrogen) atoms. The molecular weight excluding hydrogens is 282 g/mol. The SMILES string of the molecule is NC1(CC(=O)N2CCCN(Cc3cccs3)CC2)CCC1. The number of hydrogen-bond donors (Lipinski definition) is 1. The number of amides is 1. The van der Waals surface area contributed by atoms with Crippen LogP contribution in [0.4, 0.5) is 0 Å². The van der Waals surface area contributed by atoms with Gasteiger partial charge in [0.25, 0.3) is 0 Å². The molecule has 2 aliphatic rings. The van der Waals surface area contributed by atoms with E-state index in [9.17, 15) is 4.79 Å². The summed E-state index contributed by atoms with van der Waals surface area (Å²) in [4.78, 5) is 18.3. The quantitative estimate of drug-likeness (QED) is 0.926. The molecule has 116 valence electrons. The number of nitrogens with two attached hydrogens (primary N) is 1. The molecule has 0 radical (unpaired) electrons. The number of carbonyl (C=O) groups excluding carboxylic acids is 1. The lowest BCUT2D eigenvalue weighted by Gasteiger charge is -2.38. The average molecular weight is 307 g/mol. The van der Waals surface area contributed by atoms with Gasteiger partial charge in [0.15, 0.2) is 0 Å². The van der Waals surface area contributed by atoms with Crippen LogP contribution in [0.25, 0.3) is 0 Å². The Morgan fingerprint density at radius 3 is 2.76 bits per heavy atom. The molecule has 0 spiro atoms. The molecule has 1 aliphatic carbocycles. The van der Waals surface area contributed by atoms with Gasteiger partial charge >= 0.3 is 0 Å². The Kier molecular flexibility index (Phi) is 4.62. The van der Waals surface area contributed by atoms with Gasteiger partial charge in [0.05, 0.1) is 0 Å². The first-order valence-corrected chi connectivity index (χ1v) is 8.84. The predicted molar refractivity (Wildman–Crippen MR) is 86.2 cm³/mol. The Bertz CT molecular complexity index is 470. The van der Waals surface area contributed by atoms with Gasteiger partial charge in [-0.2, -0.15) is 0 Å². The summed E-state index contributed by atoms with van der Waals surface area (Å²) in [6, 6.07) is 4.29. The van der Waals surface area contributed by atoms with E-state index in [-0.39, 0.29) is 11.4 Å². The van der Waals surface area contributed by atoms with Crippen molar-refractivity contribution in [1.29, 1.82) is 0 Å². The normalized spacial score (nSPS) is 22.6. The van der Waals surface area contributed by atoms with Crippen molar-refractivity contribution in [2.75, 3.05) is 26.2 Å². The van der Waals surface area contributed by atoms with Gasteiger partial charge in [-0.3, -0.25) is 9.69 Å². The molecule has 2 N–H and O–H groups in total. The van der Waals surface area contributed by atoms with E-state index < -0.39 is 0 Å². The van der Waals surface area contributed by atoms with Gasteiger partial charge in [-0.05, 0) is 37.1 Å². The van der Waals surface area contributed by atoms with E-state index in [1.54, 1.807) is 0 Å². The van der Waals surface area contributed by atoms with Crippen molar-refractivity contribution in [3.8, 4) is 0 Å². The summed E-state index contributed by atoms with van der Waals surface area (Å²) in [6.07, 6.45) is 4.80. The highest BCUT2D eigenvalue weighted by Crippen LogP contribution is 2.32. The van der Waals surface area contributed by atoms with Crippen LogP contribution in [0.1, 0.15) is 37.0 Å². The van der Waals surface area contributed by atoms with Crippen LogP contribution in [0, 0.1) is 0 Å². The third-order valence-electron chi connectivity index (χ3n) is 4.75. The first kappa shape index (κ1) is 15.0. The molecule has 1 aromatic heterocycles. The van der Waals surface area contributed by atoms with E-state index in [0.717, 1.165) is 52.0 Å². The molecule has 0 atom stereocenters. The molecule has 1 saturated heterocycles. The highest BCUT2D eigenvalue weighted by atomic mass is 32.1. The van der Waals surface area contributed by atoms with E-state index in [4.69, 9.17) is 5.73 Å². The summed E-state index contributed by atoms with van der Waals surface area (Å²) in [5, 5.41) is 2.13. The van der Waals surface area contributed by atoms with Crippen LogP contribution in [-0.4, -0.2) is 47.4 Å². The van der Waals surface area contributed by atoms with Crippen molar-refractivity contribution in [3.05, 3.63) is 22.4 Å². The van der Waals surface area contributed by atoms with E-state index in [2.05, 4.69) is 22.4 Å². The van der Waals surface area contributed by atoms with E-state index >= 15 is 0 Å². The van der Waals surface area contributed by atoms with Crippen LogP contribution in [-0.2, 0) is 11.3 Å². The number of nitrogens with zero attached hydrogens (tertiary/aromatic N) is 2. The summed E-state index contributed by atoms with van der Waals surface area (Å²) in [7, 11) is 0. The second kappa shape index (κ2) is 6.46. The molecule has 1 saturated carbocycles. The Labute approximate surface area is 130 Å². The summed E-state index contributed by atoms with van der Waals surface area (Å²) in [6.45, 7) is 4.80. The topological polar surface area (TPSA) is 49.6 Å². The maximum atomic E-state index is 12.4. The fraction of sp³-hybridized carbons (Fsp3) is 0.688. The highest BCUT2D eigenvalue weighted by Gasteiger charge is 2.36. The smallest absolute Gasteiger partial charge is 0.224 e. The third kappa shape index (κ3) is 3.84. The second-order valence-electron chi connectivity index (χ2n) is 6.48. The molecule has 3 rings (SSSR count). The highest BCUT2D eigenvalue weighted by molar-refractivity contribution is 7.09. The standard InChI is InChI=1S/C16H25N3OS/c17-16(5-2-6-16)12-15(20)19-8-3-7-18(9-10-19)13-14-4-1-11-21-14/h1,4,11H,2-3,5-10,12-13,17H2. The maximum Gasteiger partial charge on any atom is 0.224 e. The number of carbonyl (C=O) groups is 1. The molecule has 0 unspecified atom stereocenters. The van der Waals surface area contributed by atoms with Crippen molar-refractivity contribution < 1.29 is 4.79 Å². The van der Waals surface area contributed by atoms with Crippen molar-refractivity contribution in [3.63, 3.8) is 0 Å². The zero-order chi connectivity index (χ0) is 14.7. The van der Waals surface area contributed by atoms with Gasteiger partial charge in [0.1, 0.15) is 0 Å². The van der Waals surface area contributed by atoms with Crippen LogP contribution in [0.2, 0.25) is 0 Å². The average Bonchev–Trinajstić information content (AvgIpc) is 2.81. The zero-order valence-electron chi connectivity index (χ0n) is 12.6. The first-order valence-electron chi connectivity index (χ1n) is 7.96. The fourth-order valence-corrected chi connectivity index (χ4v) is 3.97. The van der Waals surface area contributed by atoms with Crippen LogP contribution in [0.3, 0.4) is 0 Å². The van der Waals surface area contributed by atoms with Crippen LogP contribution < -0.4 is 5.73 Å². The molecule has 0 bridgehead atoms. The molecule has 1 aliphatic heterocycles. The molecule has 5 heteroatoms. The Morgan fingerprint density at radius 2 is 2.10 bits per heavy atom. The van der Waals surface area contributed by atoms with E-state index in [1.165, 1.54) is 11.3 Å². The Morgan fingerprint density at radius 1 is 1.24 bits per heavy atom. The molecule has 0 aromatic carbocycles. The summed E-state index contributed by atoms with van der Waals surface area (Å²) >= 11 is 1.81. The second-order valence-corrected chi connectivity index (χ2v) is 7.51. The minimum absolute atomic E-state index is 0.194. The Balaban J connectivity index is 1.49. The van der Waals surface area contributed by atoms with Crippen molar-refractivity contribution >= 4 is 17.2 Å². The van der Waals surface area contributed by atoms with Crippen molar-refractivity contribution in [1.82, 2.24) is 9.80 Å². The molecule has 2 heterocycles. The van der Waals surface area contributed by atoms with Crippen molar-refractivity contribution in [2.24, 2.45) is 5.73 Å². The Hall–Kier alpha value is -0.910.